The molecule has 1 amide bonds. The van der Waals surface area contributed by atoms with Crippen molar-refractivity contribution in [3.63, 3.8) is 0 Å². The van der Waals surface area contributed by atoms with E-state index in [-0.39, 0.29) is 12.0 Å². The smallest absolute Gasteiger partial charge is 0.253 e. The molecule has 6 heteroatoms. The van der Waals surface area contributed by atoms with Crippen molar-refractivity contribution in [1.82, 2.24) is 9.80 Å². The Kier molecular flexibility index (Phi) is 4.90. The standard InChI is InChI=1S/C17H21ClN2O3/c1-12(21)10-19-4-6-20(7-5-19)17(22)14-8-13-9-15(18)2-3-16(13)23-11-14/h2-3,8-9,12,21H,4-7,10-11H2,1H3. The topological polar surface area (TPSA) is 53.0 Å². The number of ether oxygens (including phenoxy) is 1. The molecule has 23 heavy (non-hydrogen) atoms. The van der Waals surface area contributed by atoms with E-state index in [4.69, 9.17) is 16.3 Å². The highest BCUT2D eigenvalue weighted by Gasteiger charge is 2.26. The fraction of sp³-hybridized carbons (Fsp3) is 0.471. The Hall–Kier alpha value is -1.56. The van der Waals surface area contributed by atoms with Gasteiger partial charge in [0.05, 0.1) is 11.7 Å². The number of hydrogen-bond acceptors (Lipinski definition) is 4. The first-order valence-corrected chi connectivity index (χ1v) is 8.23. The number of benzene rings is 1. The molecule has 1 atom stereocenters. The van der Waals surface area contributed by atoms with Gasteiger partial charge in [-0.2, -0.15) is 0 Å². The van der Waals surface area contributed by atoms with Crippen LogP contribution in [0.1, 0.15) is 12.5 Å². The normalized spacial score (nSPS) is 19.6. The number of β-amino-alcohol motifs (C(OH)–C–C–N with tert-alkyl or cyclic N) is 1. The lowest BCUT2D eigenvalue weighted by Crippen LogP contribution is -2.50. The summed E-state index contributed by atoms with van der Waals surface area (Å²) >= 11 is 6.00. The third-order valence-electron chi connectivity index (χ3n) is 4.14. The number of piperazine rings is 1. The van der Waals surface area contributed by atoms with Crippen LogP contribution >= 0.6 is 11.6 Å². The highest BCUT2D eigenvalue weighted by molar-refractivity contribution is 6.30. The average Bonchev–Trinajstić information content (AvgIpc) is 2.53. The van der Waals surface area contributed by atoms with Crippen LogP contribution in [-0.4, -0.2) is 66.2 Å². The lowest BCUT2D eigenvalue weighted by atomic mass is 10.1. The summed E-state index contributed by atoms with van der Waals surface area (Å²) in [5, 5.41) is 10.1. The summed E-state index contributed by atoms with van der Waals surface area (Å²) in [5.41, 5.74) is 1.50. The predicted octanol–water partition coefficient (Wildman–Crippen LogP) is 1.64. The molecule has 2 aliphatic rings. The van der Waals surface area contributed by atoms with E-state index in [1.54, 1.807) is 13.0 Å². The van der Waals surface area contributed by atoms with E-state index in [1.165, 1.54) is 0 Å². The van der Waals surface area contributed by atoms with Crippen LogP contribution in [0.5, 0.6) is 5.75 Å². The van der Waals surface area contributed by atoms with Crippen LogP contribution in [0.15, 0.2) is 23.8 Å². The molecule has 0 aromatic heterocycles. The van der Waals surface area contributed by atoms with Gasteiger partial charge in [0.1, 0.15) is 12.4 Å². The van der Waals surface area contributed by atoms with Crippen LogP contribution in [-0.2, 0) is 4.79 Å². The van der Waals surface area contributed by atoms with Crippen molar-refractivity contribution in [2.45, 2.75) is 13.0 Å². The average molecular weight is 337 g/mol. The third-order valence-corrected chi connectivity index (χ3v) is 4.38. The van der Waals surface area contributed by atoms with Gasteiger partial charge >= 0.3 is 0 Å². The summed E-state index contributed by atoms with van der Waals surface area (Å²) in [4.78, 5) is 16.7. The van der Waals surface area contributed by atoms with E-state index in [9.17, 15) is 9.90 Å². The first-order valence-electron chi connectivity index (χ1n) is 7.85. The van der Waals surface area contributed by atoms with E-state index < -0.39 is 0 Å². The molecule has 1 unspecified atom stereocenters. The monoisotopic (exact) mass is 336 g/mol. The van der Waals surface area contributed by atoms with Crippen LogP contribution in [0.25, 0.3) is 6.08 Å². The molecule has 0 spiro atoms. The largest absolute Gasteiger partial charge is 0.488 e. The molecule has 1 saturated heterocycles. The van der Waals surface area contributed by atoms with Crippen LogP contribution in [0, 0.1) is 0 Å². The zero-order chi connectivity index (χ0) is 16.4. The van der Waals surface area contributed by atoms with Crippen molar-refractivity contribution in [1.29, 1.82) is 0 Å². The van der Waals surface area contributed by atoms with Crippen molar-refractivity contribution < 1.29 is 14.6 Å². The lowest BCUT2D eigenvalue weighted by molar-refractivity contribution is -0.129. The molecule has 1 fully saturated rings. The van der Waals surface area contributed by atoms with Gasteiger partial charge in [-0.15, -0.1) is 0 Å². The van der Waals surface area contributed by atoms with Crippen molar-refractivity contribution in [3.05, 3.63) is 34.4 Å². The van der Waals surface area contributed by atoms with E-state index >= 15 is 0 Å². The van der Waals surface area contributed by atoms with Gasteiger partial charge in [0, 0.05) is 43.3 Å². The lowest BCUT2D eigenvalue weighted by Gasteiger charge is -2.36. The van der Waals surface area contributed by atoms with Gasteiger partial charge < -0.3 is 14.7 Å². The molecule has 124 valence electrons. The number of amides is 1. The van der Waals surface area contributed by atoms with Gasteiger partial charge in [0.2, 0.25) is 0 Å². The van der Waals surface area contributed by atoms with E-state index in [1.807, 2.05) is 23.1 Å². The van der Waals surface area contributed by atoms with Gasteiger partial charge in [0.15, 0.2) is 0 Å². The summed E-state index contributed by atoms with van der Waals surface area (Å²) in [5.74, 6) is 0.778. The molecule has 0 saturated carbocycles. The van der Waals surface area contributed by atoms with Crippen molar-refractivity contribution in [3.8, 4) is 5.75 Å². The Labute approximate surface area is 141 Å². The van der Waals surface area contributed by atoms with Gasteiger partial charge in [-0.3, -0.25) is 9.69 Å². The van der Waals surface area contributed by atoms with Crippen molar-refractivity contribution in [2.24, 2.45) is 0 Å². The number of rotatable bonds is 3. The minimum Gasteiger partial charge on any atom is -0.488 e. The third kappa shape index (κ3) is 3.86. The minimum atomic E-state index is -0.340. The maximum absolute atomic E-state index is 12.7. The second-order valence-corrected chi connectivity index (χ2v) is 6.52. The first-order chi connectivity index (χ1) is 11.0. The fourth-order valence-corrected chi connectivity index (χ4v) is 3.16. The Bertz CT molecular complexity index is 622. The number of aliphatic hydroxyl groups excluding tert-OH is 1. The van der Waals surface area contributed by atoms with E-state index in [0.29, 0.717) is 36.8 Å². The van der Waals surface area contributed by atoms with Gasteiger partial charge in [-0.1, -0.05) is 11.6 Å². The van der Waals surface area contributed by atoms with Crippen LogP contribution in [0.3, 0.4) is 0 Å². The molecule has 5 nitrogen and oxygen atoms in total. The number of halogens is 1. The molecule has 1 aromatic carbocycles. The quantitative estimate of drug-likeness (QED) is 0.911. The second kappa shape index (κ2) is 6.91. The maximum atomic E-state index is 12.7. The van der Waals surface area contributed by atoms with Gasteiger partial charge in [-0.25, -0.2) is 0 Å². The number of nitrogens with zero attached hydrogens (tertiary/aromatic N) is 2. The molecule has 0 radical (unpaired) electrons. The first kappa shape index (κ1) is 16.3. The van der Waals surface area contributed by atoms with Crippen LogP contribution in [0.2, 0.25) is 5.02 Å². The van der Waals surface area contributed by atoms with Gasteiger partial charge in [-0.05, 0) is 31.2 Å². The van der Waals surface area contributed by atoms with Gasteiger partial charge in [0.25, 0.3) is 5.91 Å². The molecule has 1 N–H and O–H groups in total. The summed E-state index contributed by atoms with van der Waals surface area (Å²) in [6, 6.07) is 5.41. The van der Waals surface area contributed by atoms with E-state index in [0.717, 1.165) is 24.4 Å². The minimum absolute atomic E-state index is 0.0207. The van der Waals surface area contributed by atoms with Crippen LogP contribution < -0.4 is 4.74 Å². The highest BCUT2D eigenvalue weighted by atomic mass is 35.5. The Balaban J connectivity index is 1.65. The highest BCUT2D eigenvalue weighted by Crippen LogP contribution is 2.29. The zero-order valence-corrected chi connectivity index (χ0v) is 13.9. The molecule has 1 aromatic rings. The Morgan fingerprint density at radius 1 is 1.35 bits per heavy atom. The number of aliphatic hydroxyl groups is 1. The predicted molar refractivity (Wildman–Crippen MR) is 89.6 cm³/mol. The SMILES string of the molecule is CC(O)CN1CCN(C(=O)C2=Cc3cc(Cl)ccc3OC2)CC1. The van der Waals surface area contributed by atoms with Crippen molar-refractivity contribution in [2.75, 3.05) is 39.3 Å². The molecular formula is C17H21ClN2O3. The molecule has 3 rings (SSSR count). The van der Waals surface area contributed by atoms with E-state index in [2.05, 4.69) is 4.90 Å². The number of carbonyl (C=O) groups excluding carboxylic acids is 1. The molecule has 2 aliphatic heterocycles. The number of fused-ring (bicyclic) bond motifs is 1. The molecule has 0 aliphatic carbocycles. The zero-order valence-electron chi connectivity index (χ0n) is 13.2. The summed E-state index contributed by atoms with van der Waals surface area (Å²) in [7, 11) is 0. The molecule has 2 heterocycles. The maximum Gasteiger partial charge on any atom is 0.253 e. The summed E-state index contributed by atoms with van der Waals surface area (Å²) < 4.78 is 5.66. The Morgan fingerprint density at radius 2 is 2.09 bits per heavy atom. The van der Waals surface area contributed by atoms with Crippen LogP contribution in [0.4, 0.5) is 0 Å². The molecule has 0 bridgehead atoms. The number of carbonyl (C=O) groups is 1. The Morgan fingerprint density at radius 3 is 2.78 bits per heavy atom. The summed E-state index contributed by atoms with van der Waals surface area (Å²) in [6.07, 6.45) is 1.53. The number of hydrogen-bond donors (Lipinski definition) is 1. The summed E-state index contributed by atoms with van der Waals surface area (Å²) in [6.45, 7) is 5.64. The second-order valence-electron chi connectivity index (χ2n) is 6.08. The molecular weight excluding hydrogens is 316 g/mol. The van der Waals surface area contributed by atoms with Crippen molar-refractivity contribution >= 4 is 23.6 Å². The fourth-order valence-electron chi connectivity index (χ4n) is 2.98.